The molecule has 0 radical (unpaired) electrons. The van der Waals surface area contributed by atoms with E-state index in [4.69, 9.17) is 4.74 Å². The molecule has 2 heterocycles. The molecular weight excluding hydrogens is 258 g/mol. The lowest BCUT2D eigenvalue weighted by Gasteiger charge is -2.29. The highest BCUT2D eigenvalue weighted by Gasteiger charge is 2.20. The molecule has 0 atom stereocenters. The Morgan fingerprint density at radius 2 is 2.20 bits per heavy atom. The zero-order valence-corrected chi connectivity index (χ0v) is 12.4. The third-order valence-electron chi connectivity index (χ3n) is 2.86. The summed E-state index contributed by atoms with van der Waals surface area (Å²) in [5.74, 6) is 1.38. The van der Waals surface area contributed by atoms with E-state index in [0.29, 0.717) is 18.9 Å². The maximum Gasteiger partial charge on any atom is 0.254 e. The lowest BCUT2D eigenvalue weighted by molar-refractivity contribution is 0.0873. The van der Waals surface area contributed by atoms with Gasteiger partial charge in [-0.05, 0) is 20.8 Å². The smallest absolute Gasteiger partial charge is 0.254 e. The van der Waals surface area contributed by atoms with Gasteiger partial charge in [0.1, 0.15) is 12.1 Å². The van der Waals surface area contributed by atoms with Gasteiger partial charge >= 0.3 is 0 Å². The summed E-state index contributed by atoms with van der Waals surface area (Å²) >= 11 is 0. The normalized spacial score (nSPS) is 12.1. The maximum atomic E-state index is 10.0. The second-order valence-corrected chi connectivity index (χ2v) is 5.34. The van der Waals surface area contributed by atoms with E-state index in [1.807, 2.05) is 17.9 Å². The number of aromatic nitrogens is 4. The molecule has 0 saturated carbocycles. The Balaban J connectivity index is 2.46. The summed E-state index contributed by atoms with van der Waals surface area (Å²) in [7, 11) is 1.63. The zero-order chi connectivity index (χ0) is 14.8. The Bertz CT molecular complexity index is 576. The number of rotatable bonds is 6. The second kappa shape index (κ2) is 5.72. The molecule has 0 saturated heterocycles. The molecule has 0 aliphatic carbocycles. The fourth-order valence-electron chi connectivity index (χ4n) is 2.11. The highest BCUT2D eigenvalue weighted by molar-refractivity contribution is 5.47. The molecule has 0 fully saturated rings. The molecule has 0 aliphatic rings. The van der Waals surface area contributed by atoms with Crippen LogP contribution in [0.2, 0.25) is 0 Å². The molecule has 7 nitrogen and oxygen atoms in total. The number of ether oxygens (including phenoxy) is 1. The van der Waals surface area contributed by atoms with Crippen molar-refractivity contribution in [3.8, 4) is 0 Å². The number of hydrogen-bond acceptors (Lipinski definition) is 6. The predicted octanol–water partition coefficient (Wildman–Crippen LogP) is 0.868. The van der Waals surface area contributed by atoms with Crippen LogP contribution in [0.15, 0.2) is 12.4 Å². The molecule has 2 rings (SSSR count). The minimum absolute atomic E-state index is 0.413. The van der Waals surface area contributed by atoms with Gasteiger partial charge in [0.15, 0.2) is 0 Å². The summed E-state index contributed by atoms with van der Waals surface area (Å²) in [6.45, 7) is 7.25. The molecular formula is C13H21N5O2. The van der Waals surface area contributed by atoms with Gasteiger partial charge < -0.3 is 14.7 Å². The average Bonchev–Trinajstić information content (AvgIpc) is 2.82. The van der Waals surface area contributed by atoms with Crippen LogP contribution in [0.4, 0.5) is 5.82 Å². The molecule has 0 aromatic carbocycles. The van der Waals surface area contributed by atoms with E-state index in [2.05, 4.69) is 15.1 Å². The summed E-state index contributed by atoms with van der Waals surface area (Å²) in [6.07, 6.45) is 1.47. The van der Waals surface area contributed by atoms with Crippen LogP contribution in [0.5, 0.6) is 0 Å². The number of methoxy groups -OCH3 is 1. The van der Waals surface area contributed by atoms with Crippen LogP contribution >= 0.6 is 0 Å². The predicted molar refractivity (Wildman–Crippen MR) is 75.7 cm³/mol. The lowest BCUT2D eigenvalue weighted by atomic mass is 10.1. The van der Waals surface area contributed by atoms with Gasteiger partial charge in [0.2, 0.25) is 0 Å². The summed E-state index contributed by atoms with van der Waals surface area (Å²) in [4.78, 5) is 10.5. The molecule has 2 aromatic rings. The van der Waals surface area contributed by atoms with Crippen LogP contribution in [0.25, 0.3) is 5.78 Å². The van der Waals surface area contributed by atoms with Gasteiger partial charge in [0.05, 0.1) is 17.9 Å². The van der Waals surface area contributed by atoms with Gasteiger partial charge in [-0.3, -0.25) is 0 Å². The van der Waals surface area contributed by atoms with Crippen molar-refractivity contribution in [1.82, 2.24) is 19.6 Å². The van der Waals surface area contributed by atoms with Crippen molar-refractivity contribution in [3.05, 3.63) is 18.1 Å². The zero-order valence-electron chi connectivity index (χ0n) is 12.4. The average molecular weight is 279 g/mol. The molecule has 110 valence electrons. The molecule has 0 spiro atoms. The van der Waals surface area contributed by atoms with Crippen LogP contribution in [-0.2, 0) is 11.3 Å². The van der Waals surface area contributed by atoms with Gasteiger partial charge in [-0.2, -0.15) is 14.6 Å². The van der Waals surface area contributed by atoms with Crippen LogP contribution in [0.3, 0.4) is 0 Å². The quantitative estimate of drug-likeness (QED) is 0.845. The van der Waals surface area contributed by atoms with Crippen molar-refractivity contribution in [2.75, 3.05) is 25.1 Å². The molecule has 1 N–H and O–H groups in total. The largest absolute Gasteiger partial charge is 0.389 e. The first-order valence-electron chi connectivity index (χ1n) is 6.60. The highest BCUT2D eigenvalue weighted by Crippen LogP contribution is 2.19. The Morgan fingerprint density at radius 3 is 2.80 bits per heavy atom. The van der Waals surface area contributed by atoms with E-state index >= 15 is 0 Å². The first kappa shape index (κ1) is 14.7. The Morgan fingerprint density at radius 1 is 1.45 bits per heavy atom. The van der Waals surface area contributed by atoms with Crippen molar-refractivity contribution >= 4 is 11.6 Å². The number of likely N-dealkylation sites (N-methyl/N-ethyl adjacent to an activating group) is 1. The van der Waals surface area contributed by atoms with Gasteiger partial charge in [0, 0.05) is 26.3 Å². The Hall–Kier alpha value is -1.73. The van der Waals surface area contributed by atoms with Crippen molar-refractivity contribution in [1.29, 1.82) is 0 Å². The van der Waals surface area contributed by atoms with E-state index in [-0.39, 0.29) is 0 Å². The van der Waals surface area contributed by atoms with Crippen LogP contribution in [-0.4, -0.2) is 50.5 Å². The summed E-state index contributed by atoms with van der Waals surface area (Å²) < 4.78 is 6.81. The number of nitrogens with zero attached hydrogens (tertiary/aromatic N) is 5. The molecule has 0 aliphatic heterocycles. The maximum absolute atomic E-state index is 10.0. The van der Waals surface area contributed by atoms with Crippen molar-refractivity contribution in [3.63, 3.8) is 0 Å². The molecule has 0 bridgehead atoms. The van der Waals surface area contributed by atoms with Gasteiger partial charge in [-0.1, -0.05) is 0 Å². The monoisotopic (exact) mass is 279 g/mol. The first-order valence-corrected chi connectivity index (χ1v) is 6.60. The third kappa shape index (κ3) is 3.23. The Kier molecular flexibility index (Phi) is 4.20. The van der Waals surface area contributed by atoms with Gasteiger partial charge in [-0.25, -0.2) is 4.98 Å². The molecule has 2 aromatic heterocycles. The highest BCUT2D eigenvalue weighted by atomic mass is 16.5. The Labute approximate surface area is 118 Å². The SMILES string of the molecule is CCN(CC(C)(C)O)c1cc(COC)nc2ncnn12. The minimum atomic E-state index is -0.798. The van der Waals surface area contributed by atoms with E-state index in [0.717, 1.165) is 18.1 Å². The standard InChI is InChI=1S/C13H21N5O2/c1-5-17(8-13(2,3)19)11-6-10(7-20-4)16-12-14-9-15-18(11)12/h6,9,19H,5,7-8H2,1-4H3. The van der Waals surface area contributed by atoms with Crippen LogP contribution in [0, 0.1) is 0 Å². The minimum Gasteiger partial charge on any atom is -0.389 e. The van der Waals surface area contributed by atoms with Crippen molar-refractivity contribution in [2.45, 2.75) is 33.0 Å². The molecule has 20 heavy (non-hydrogen) atoms. The van der Waals surface area contributed by atoms with Crippen LogP contribution in [0.1, 0.15) is 26.5 Å². The number of aliphatic hydroxyl groups is 1. The van der Waals surface area contributed by atoms with Crippen molar-refractivity contribution in [2.24, 2.45) is 0 Å². The fourth-order valence-corrected chi connectivity index (χ4v) is 2.11. The lowest BCUT2D eigenvalue weighted by Crippen LogP contribution is -2.39. The van der Waals surface area contributed by atoms with E-state index < -0.39 is 5.60 Å². The van der Waals surface area contributed by atoms with E-state index in [9.17, 15) is 5.11 Å². The van der Waals surface area contributed by atoms with Gasteiger partial charge in [0.25, 0.3) is 5.78 Å². The van der Waals surface area contributed by atoms with Crippen molar-refractivity contribution < 1.29 is 9.84 Å². The summed E-state index contributed by atoms with van der Waals surface area (Å²) in [5, 5.41) is 14.2. The number of fused-ring (bicyclic) bond motifs is 1. The van der Waals surface area contributed by atoms with E-state index in [1.165, 1.54) is 6.33 Å². The van der Waals surface area contributed by atoms with Gasteiger partial charge in [-0.15, -0.1) is 0 Å². The first-order chi connectivity index (χ1) is 9.44. The topological polar surface area (TPSA) is 75.8 Å². The van der Waals surface area contributed by atoms with Crippen LogP contribution < -0.4 is 4.90 Å². The molecule has 7 heteroatoms. The third-order valence-corrected chi connectivity index (χ3v) is 2.86. The summed E-state index contributed by atoms with van der Waals surface area (Å²) in [5.41, 5.74) is -0.00894. The molecule has 0 unspecified atom stereocenters. The second-order valence-electron chi connectivity index (χ2n) is 5.34. The van der Waals surface area contributed by atoms with E-state index in [1.54, 1.807) is 25.5 Å². The summed E-state index contributed by atoms with van der Waals surface area (Å²) in [6, 6.07) is 1.92. The number of hydrogen-bond donors (Lipinski definition) is 1. The molecule has 0 amide bonds. The number of anilines is 1. The fraction of sp³-hybridized carbons (Fsp3) is 0.615.